The van der Waals surface area contributed by atoms with E-state index in [9.17, 15) is 18.0 Å². The highest BCUT2D eigenvalue weighted by atomic mass is 32.2. The highest BCUT2D eigenvalue weighted by Crippen LogP contribution is 2.25. The number of carbonyl (C=O) groups is 2. The molecule has 1 amide bonds. The van der Waals surface area contributed by atoms with Gasteiger partial charge in [-0.3, -0.25) is 9.59 Å². The van der Waals surface area contributed by atoms with Crippen LogP contribution in [-0.4, -0.2) is 37.5 Å². The Balaban J connectivity index is 1.72. The van der Waals surface area contributed by atoms with Crippen LogP contribution in [-0.2, 0) is 14.8 Å². The molecule has 1 saturated heterocycles. The van der Waals surface area contributed by atoms with Crippen molar-refractivity contribution >= 4 is 27.4 Å². The standard InChI is InChI=1S/C21H24N2O4S/c1-15-8-10-20(11-9-15)28(26,27)23-12-4-6-18(14-23)21(25)22-19-7-3-5-17(13-19)16(2)24/h3,5,7-11,13,18H,4,6,12,14H2,1-2H3,(H,22,25). The zero-order valence-electron chi connectivity index (χ0n) is 16.0. The lowest BCUT2D eigenvalue weighted by Crippen LogP contribution is -2.43. The number of hydrogen-bond acceptors (Lipinski definition) is 4. The van der Waals surface area contributed by atoms with Crippen molar-refractivity contribution in [1.82, 2.24) is 4.31 Å². The van der Waals surface area contributed by atoms with E-state index in [0.29, 0.717) is 30.6 Å². The average molecular weight is 401 g/mol. The number of ketones is 1. The second-order valence-electron chi connectivity index (χ2n) is 7.14. The van der Waals surface area contributed by atoms with Gasteiger partial charge in [0.2, 0.25) is 15.9 Å². The molecule has 28 heavy (non-hydrogen) atoms. The van der Waals surface area contributed by atoms with Gasteiger partial charge in [0.15, 0.2) is 5.78 Å². The van der Waals surface area contributed by atoms with Crippen molar-refractivity contribution in [3.05, 3.63) is 59.7 Å². The Bertz CT molecular complexity index is 984. The van der Waals surface area contributed by atoms with Crippen LogP contribution >= 0.6 is 0 Å². The van der Waals surface area contributed by atoms with E-state index in [1.807, 2.05) is 6.92 Å². The molecule has 0 bridgehead atoms. The van der Waals surface area contributed by atoms with Gasteiger partial charge >= 0.3 is 0 Å². The van der Waals surface area contributed by atoms with Crippen LogP contribution in [0.3, 0.4) is 0 Å². The fourth-order valence-electron chi connectivity index (χ4n) is 3.29. The maximum atomic E-state index is 12.9. The molecular formula is C21H24N2O4S. The number of piperidine rings is 1. The van der Waals surface area contributed by atoms with Gasteiger partial charge in [0, 0.05) is 24.3 Å². The highest BCUT2D eigenvalue weighted by molar-refractivity contribution is 7.89. The first-order valence-corrected chi connectivity index (χ1v) is 10.7. The van der Waals surface area contributed by atoms with E-state index in [0.717, 1.165) is 5.56 Å². The molecule has 2 aromatic carbocycles. The van der Waals surface area contributed by atoms with E-state index in [1.165, 1.54) is 11.2 Å². The van der Waals surface area contributed by atoms with Gasteiger partial charge in [0.05, 0.1) is 10.8 Å². The predicted octanol–water partition coefficient (Wildman–Crippen LogP) is 3.24. The van der Waals surface area contributed by atoms with Gasteiger partial charge in [0.1, 0.15) is 0 Å². The molecular weight excluding hydrogens is 376 g/mol. The van der Waals surface area contributed by atoms with Crippen LogP contribution in [0.15, 0.2) is 53.4 Å². The number of amides is 1. The topological polar surface area (TPSA) is 83.6 Å². The number of sulfonamides is 1. The third kappa shape index (κ3) is 4.48. The molecule has 0 saturated carbocycles. The van der Waals surface area contributed by atoms with Gasteiger partial charge in [-0.25, -0.2) is 8.42 Å². The lowest BCUT2D eigenvalue weighted by molar-refractivity contribution is -0.120. The quantitative estimate of drug-likeness (QED) is 0.781. The van der Waals surface area contributed by atoms with Gasteiger partial charge < -0.3 is 5.32 Å². The zero-order chi connectivity index (χ0) is 20.3. The van der Waals surface area contributed by atoms with Crippen molar-refractivity contribution in [2.45, 2.75) is 31.6 Å². The molecule has 148 valence electrons. The smallest absolute Gasteiger partial charge is 0.243 e. The Morgan fingerprint density at radius 2 is 1.82 bits per heavy atom. The van der Waals surface area contributed by atoms with Gasteiger partial charge in [0.25, 0.3) is 0 Å². The Kier molecular flexibility index (Phi) is 5.96. The predicted molar refractivity (Wildman–Crippen MR) is 108 cm³/mol. The van der Waals surface area contributed by atoms with Gasteiger partial charge in [-0.05, 0) is 51.0 Å². The SMILES string of the molecule is CC(=O)c1cccc(NC(=O)C2CCCN(S(=O)(=O)c3ccc(C)cc3)C2)c1. The van der Waals surface area contributed by atoms with Crippen molar-refractivity contribution in [2.75, 3.05) is 18.4 Å². The molecule has 3 rings (SSSR count). The average Bonchev–Trinajstić information content (AvgIpc) is 2.68. The van der Waals surface area contributed by atoms with E-state index in [-0.39, 0.29) is 23.1 Å². The van der Waals surface area contributed by atoms with Crippen molar-refractivity contribution < 1.29 is 18.0 Å². The molecule has 0 spiro atoms. The number of nitrogens with zero attached hydrogens (tertiary/aromatic N) is 1. The normalized spacial score (nSPS) is 17.9. The maximum absolute atomic E-state index is 12.9. The second-order valence-corrected chi connectivity index (χ2v) is 9.08. The minimum Gasteiger partial charge on any atom is -0.326 e. The van der Waals surface area contributed by atoms with E-state index < -0.39 is 15.9 Å². The second kappa shape index (κ2) is 8.24. The van der Waals surface area contributed by atoms with Crippen LogP contribution in [0.4, 0.5) is 5.69 Å². The molecule has 7 heteroatoms. The van der Waals surface area contributed by atoms with E-state index >= 15 is 0 Å². The molecule has 1 heterocycles. The molecule has 1 fully saturated rings. The summed E-state index contributed by atoms with van der Waals surface area (Å²) in [6, 6.07) is 13.5. The molecule has 1 aliphatic heterocycles. The number of benzene rings is 2. The first-order valence-electron chi connectivity index (χ1n) is 9.26. The van der Waals surface area contributed by atoms with Crippen molar-refractivity contribution in [1.29, 1.82) is 0 Å². The molecule has 1 aliphatic rings. The Hall–Kier alpha value is -2.51. The fourth-order valence-corrected chi connectivity index (χ4v) is 4.82. The van der Waals surface area contributed by atoms with Gasteiger partial charge in [-0.1, -0.05) is 29.8 Å². The number of aryl methyl sites for hydroxylation is 1. The molecule has 0 aromatic heterocycles. The van der Waals surface area contributed by atoms with Crippen molar-refractivity contribution in [2.24, 2.45) is 5.92 Å². The van der Waals surface area contributed by atoms with Crippen LogP contribution in [0.25, 0.3) is 0 Å². The van der Waals surface area contributed by atoms with E-state index in [2.05, 4.69) is 5.32 Å². The van der Waals surface area contributed by atoms with E-state index in [4.69, 9.17) is 0 Å². The Morgan fingerprint density at radius 3 is 2.50 bits per heavy atom. The third-order valence-electron chi connectivity index (χ3n) is 4.95. The molecule has 0 radical (unpaired) electrons. The van der Waals surface area contributed by atoms with Gasteiger partial charge in [-0.2, -0.15) is 4.31 Å². The summed E-state index contributed by atoms with van der Waals surface area (Å²) >= 11 is 0. The summed E-state index contributed by atoms with van der Waals surface area (Å²) in [5.41, 5.74) is 2.05. The minimum absolute atomic E-state index is 0.0795. The minimum atomic E-state index is -3.63. The van der Waals surface area contributed by atoms with Crippen LogP contribution in [0.5, 0.6) is 0 Å². The Labute approximate surface area is 165 Å². The Morgan fingerprint density at radius 1 is 1.11 bits per heavy atom. The molecule has 6 nitrogen and oxygen atoms in total. The summed E-state index contributed by atoms with van der Waals surface area (Å²) in [6.07, 6.45) is 1.24. The maximum Gasteiger partial charge on any atom is 0.243 e. The number of rotatable bonds is 5. The summed E-state index contributed by atoms with van der Waals surface area (Å²) in [5, 5.41) is 2.81. The molecule has 0 aliphatic carbocycles. The highest BCUT2D eigenvalue weighted by Gasteiger charge is 2.33. The summed E-state index contributed by atoms with van der Waals surface area (Å²) in [7, 11) is -3.63. The number of Topliss-reactive ketones (excluding diaryl/α,β-unsaturated/α-hetero) is 1. The van der Waals surface area contributed by atoms with Crippen molar-refractivity contribution in [3.63, 3.8) is 0 Å². The van der Waals surface area contributed by atoms with Crippen LogP contribution in [0.1, 0.15) is 35.7 Å². The number of anilines is 1. The van der Waals surface area contributed by atoms with E-state index in [1.54, 1.807) is 48.5 Å². The lowest BCUT2D eigenvalue weighted by atomic mass is 9.98. The molecule has 1 atom stereocenters. The third-order valence-corrected chi connectivity index (χ3v) is 6.83. The number of carbonyl (C=O) groups excluding carboxylic acids is 2. The van der Waals surface area contributed by atoms with Crippen LogP contribution in [0, 0.1) is 12.8 Å². The summed E-state index contributed by atoms with van der Waals surface area (Å²) in [6.45, 7) is 3.92. The van der Waals surface area contributed by atoms with Crippen molar-refractivity contribution in [3.8, 4) is 0 Å². The largest absolute Gasteiger partial charge is 0.326 e. The van der Waals surface area contributed by atoms with Crippen LogP contribution in [0.2, 0.25) is 0 Å². The molecule has 2 aromatic rings. The zero-order valence-corrected chi connectivity index (χ0v) is 16.8. The number of hydrogen-bond donors (Lipinski definition) is 1. The lowest BCUT2D eigenvalue weighted by Gasteiger charge is -2.31. The summed E-state index contributed by atoms with van der Waals surface area (Å²) in [5.74, 6) is -0.747. The summed E-state index contributed by atoms with van der Waals surface area (Å²) in [4.78, 5) is 24.4. The molecule has 1 unspecified atom stereocenters. The monoisotopic (exact) mass is 400 g/mol. The fraction of sp³-hybridized carbons (Fsp3) is 0.333. The first kappa shape index (κ1) is 20.2. The first-order chi connectivity index (χ1) is 13.3. The number of nitrogens with one attached hydrogen (secondary N) is 1. The van der Waals surface area contributed by atoms with Crippen LogP contribution < -0.4 is 5.32 Å². The molecule has 1 N–H and O–H groups in total. The van der Waals surface area contributed by atoms with Gasteiger partial charge in [-0.15, -0.1) is 0 Å². The summed E-state index contributed by atoms with van der Waals surface area (Å²) < 4.78 is 27.2.